The number of amides is 1. The van der Waals surface area contributed by atoms with Crippen molar-refractivity contribution in [3.8, 4) is 0 Å². The predicted octanol–water partition coefficient (Wildman–Crippen LogP) is 2.44. The molecule has 30 heavy (non-hydrogen) atoms. The molecule has 0 bridgehead atoms. The van der Waals surface area contributed by atoms with Crippen LogP contribution < -0.4 is 14.3 Å². The number of carbonyl (C=O) groups excluding carboxylic acids is 1. The monoisotopic (exact) mass is 457 g/mol. The molecule has 2 aliphatic rings. The maximum Gasteiger partial charge on any atom is 0.235 e. The van der Waals surface area contributed by atoms with E-state index in [0.717, 1.165) is 0 Å². The number of hydrogen-bond donors (Lipinski definition) is 2. The zero-order chi connectivity index (χ0) is 22.2. The Morgan fingerprint density at radius 1 is 1.07 bits per heavy atom. The smallest absolute Gasteiger partial charge is 0.235 e. The summed E-state index contributed by atoms with van der Waals surface area (Å²) in [5, 5.41) is 2.89. The summed E-state index contributed by atoms with van der Waals surface area (Å²) in [7, 11) is -6.62. The molecule has 1 aliphatic heterocycles. The molecule has 0 aromatic heterocycles. The van der Waals surface area contributed by atoms with Gasteiger partial charge in [-0.2, -0.15) is 0 Å². The first-order valence-corrected chi connectivity index (χ1v) is 13.4. The second-order valence-corrected chi connectivity index (χ2v) is 13.5. The molecule has 1 aliphatic carbocycles. The van der Waals surface area contributed by atoms with Crippen molar-refractivity contribution in [3.63, 3.8) is 0 Å². The highest BCUT2D eigenvalue weighted by Crippen LogP contribution is 2.29. The van der Waals surface area contributed by atoms with E-state index in [9.17, 15) is 21.6 Å². The van der Waals surface area contributed by atoms with Crippen LogP contribution in [0.3, 0.4) is 0 Å². The van der Waals surface area contributed by atoms with E-state index in [4.69, 9.17) is 0 Å². The molecule has 2 N–H and O–H groups in total. The summed E-state index contributed by atoms with van der Waals surface area (Å²) >= 11 is 0. The fourth-order valence-corrected chi connectivity index (χ4v) is 6.35. The Hall–Kier alpha value is -1.65. The number of nitrogens with one attached hydrogen (secondary N) is 2. The Balaban J connectivity index is 1.53. The van der Waals surface area contributed by atoms with Crippen molar-refractivity contribution in [2.75, 3.05) is 21.9 Å². The van der Waals surface area contributed by atoms with Crippen LogP contribution in [0.5, 0.6) is 0 Å². The first kappa shape index (κ1) is 23.0. The van der Waals surface area contributed by atoms with Crippen LogP contribution in [-0.4, -0.2) is 45.8 Å². The Labute approximate surface area is 179 Å². The molecule has 1 saturated heterocycles. The zero-order valence-corrected chi connectivity index (χ0v) is 19.4. The quantitative estimate of drug-likeness (QED) is 0.705. The van der Waals surface area contributed by atoms with Gasteiger partial charge in [0.25, 0.3) is 0 Å². The molecule has 1 saturated carbocycles. The summed E-state index contributed by atoms with van der Waals surface area (Å²) in [6.07, 6.45) is 3.11. The average molecular weight is 458 g/mol. The highest BCUT2D eigenvalue weighted by atomic mass is 32.2. The van der Waals surface area contributed by atoms with Gasteiger partial charge in [0.1, 0.15) is 0 Å². The van der Waals surface area contributed by atoms with Crippen molar-refractivity contribution in [1.82, 2.24) is 4.72 Å². The molecule has 0 atom stereocenters. The van der Waals surface area contributed by atoms with Crippen LogP contribution in [0.15, 0.2) is 24.3 Å². The van der Waals surface area contributed by atoms with E-state index in [2.05, 4.69) is 10.0 Å². The number of nitrogens with zero attached hydrogens (tertiary/aromatic N) is 1. The van der Waals surface area contributed by atoms with E-state index in [1.54, 1.807) is 45.0 Å². The normalized spacial score (nSPS) is 24.6. The molecule has 1 aromatic carbocycles. The summed E-state index contributed by atoms with van der Waals surface area (Å²) in [4.78, 5) is 12.6. The molecule has 8 nitrogen and oxygen atoms in total. The van der Waals surface area contributed by atoms with Gasteiger partial charge in [0, 0.05) is 24.2 Å². The molecule has 1 aromatic rings. The third-order valence-electron chi connectivity index (χ3n) is 5.75. The van der Waals surface area contributed by atoms with Crippen LogP contribution in [0.2, 0.25) is 0 Å². The summed E-state index contributed by atoms with van der Waals surface area (Å²) in [5.74, 6) is -0.0900. The molecule has 2 fully saturated rings. The molecule has 1 amide bonds. The first-order valence-electron chi connectivity index (χ1n) is 10.3. The Kier molecular flexibility index (Phi) is 6.50. The van der Waals surface area contributed by atoms with Gasteiger partial charge in [-0.1, -0.05) is 0 Å². The summed E-state index contributed by atoms with van der Waals surface area (Å²) in [6.45, 7) is 5.48. The van der Waals surface area contributed by atoms with Crippen molar-refractivity contribution >= 4 is 37.3 Å². The molecule has 1 heterocycles. The van der Waals surface area contributed by atoms with Crippen molar-refractivity contribution in [3.05, 3.63) is 24.3 Å². The van der Waals surface area contributed by atoms with E-state index >= 15 is 0 Å². The lowest BCUT2D eigenvalue weighted by Crippen LogP contribution is -2.46. The molecule has 0 radical (unpaired) electrons. The molecule has 10 heteroatoms. The second kappa shape index (κ2) is 8.47. The van der Waals surface area contributed by atoms with Gasteiger partial charge >= 0.3 is 0 Å². The summed E-state index contributed by atoms with van der Waals surface area (Å²) < 4.78 is 52.0. The number of sulfonamides is 2. The van der Waals surface area contributed by atoms with Crippen molar-refractivity contribution < 1.29 is 21.6 Å². The summed E-state index contributed by atoms with van der Waals surface area (Å²) in [6, 6.07) is 6.70. The lowest BCUT2D eigenvalue weighted by molar-refractivity contribution is -0.120. The lowest BCUT2D eigenvalue weighted by Gasteiger charge is -2.30. The van der Waals surface area contributed by atoms with Crippen LogP contribution in [-0.2, 0) is 24.8 Å². The number of hydrogen-bond acceptors (Lipinski definition) is 5. The lowest BCUT2D eigenvalue weighted by atomic mass is 9.86. The molecular weight excluding hydrogens is 426 g/mol. The zero-order valence-electron chi connectivity index (χ0n) is 17.7. The minimum Gasteiger partial charge on any atom is -0.326 e. The Morgan fingerprint density at radius 3 is 2.17 bits per heavy atom. The standard InChI is InChI=1S/C20H31N3O5S2/c1-20(2,3)30(27,28)22-17-7-5-15(6-8-17)19(24)21-16-9-11-18(12-10-16)23-13-4-14-29(23,25)26/h9-12,15,17,22H,4-8,13-14H2,1-3H3,(H,21,24)/t15-,17-. The highest BCUT2D eigenvalue weighted by molar-refractivity contribution is 7.93. The molecule has 0 unspecified atom stereocenters. The van der Waals surface area contributed by atoms with Gasteiger partial charge in [-0.15, -0.1) is 0 Å². The Bertz CT molecular complexity index is 974. The minimum absolute atomic E-state index is 0.0892. The maximum atomic E-state index is 12.6. The van der Waals surface area contributed by atoms with Gasteiger partial charge in [-0.25, -0.2) is 21.6 Å². The van der Waals surface area contributed by atoms with E-state index in [-0.39, 0.29) is 23.6 Å². The van der Waals surface area contributed by atoms with Crippen LogP contribution in [0, 0.1) is 5.92 Å². The van der Waals surface area contributed by atoms with Gasteiger partial charge in [-0.3, -0.25) is 9.10 Å². The second-order valence-electron chi connectivity index (χ2n) is 9.06. The number of benzene rings is 1. The Morgan fingerprint density at radius 2 is 1.67 bits per heavy atom. The molecule has 0 spiro atoms. The SMILES string of the molecule is CC(C)(C)S(=O)(=O)N[C@H]1CC[C@H](C(=O)Nc2ccc(N3CCCS3(=O)=O)cc2)CC1. The number of rotatable bonds is 5. The van der Waals surface area contributed by atoms with Gasteiger partial charge in [0.15, 0.2) is 0 Å². The van der Waals surface area contributed by atoms with Crippen LogP contribution in [0.25, 0.3) is 0 Å². The predicted molar refractivity (Wildman–Crippen MR) is 118 cm³/mol. The number of carbonyl (C=O) groups is 1. The number of anilines is 2. The first-order chi connectivity index (χ1) is 13.9. The van der Waals surface area contributed by atoms with Crippen LogP contribution >= 0.6 is 0 Å². The van der Waals surface area contributed by atoms with E-state index < -0.39 is 24.8 Å². The van der Waals surface area contributed by atoms with Crippen molar-refractivity contribution in [1.29, 1.82) is 0 Å². The van der Waals surface area contributed by atoms with Crippen molar-refractivity contribution in [2.24, 2.45) is 5.92 Å². The fraction of sp³-hybridized carbons (Fsp3) is 0.650. The average Bonchev–Trinajstić information content (AvgIpc) is 3.01. The summed E-state index contributed by atoms with van der Waals surface area (Å²) in [5.41, 5.74) is 1.23. The third-order valence-corrected chi connectivity index (χ3v) is 9.87. The van der Waals surface area contributed by atoms with Crippen LogP contribution in [0.1, 0.15) is 52.9 Å². The van der Waals surface area contributed by atoms with E-state index in [1.807, 2.05) is 0 Å². The molecular formula is C20H31N3O5S2. The van der Waals surface area contributed by atoms with E-state index in [0.29, 0.717) is 50.0 Å². The van der Waals surface area contributed by atoms with Crippen molar-refractivity contribution in [2.45, 2.75) is 63.7 Å². The highest BCUT2D eigenvalue weighted by Gasteiger charge is 2.34. The van der Waals surface area contributed by atoms with E-state index in [1.165, 1.54) is 4.31 Å². The van der Waals surface area contributed by atoms with Gasteiger partial charge in [0.2, 0.25) is 26.0 Å². The van der Waals surface area contributed by atoms with Gasteiger partial charge < -0.3 is 5.32 Å². The largest absolute Gasteiger partial charge is 0.326 e. The topological polar surface area (TPSA) is 113 Å². The minimum atomic E-state index is -3.40. The fourth-order valence-electron chi connectivity index (χ4n) is 3.75. The third kappa shape index (κ3) is 5.15. The molecule has 3 rings (SSSR count). The van der Waals surface area contributed by atoms with Gasteiger partial charge in [-0.05, 0) is 77.1 Å². The molecule has 168 valence electrons. The van der Waals surface area contributed by atoms with Gasteiger partial charge in [0.05, 0.1) is 16.2 Å². The maximum absolute atomic E-state index is 12.6. The van der Waals surface area contributed by atoms with Crippen LogP contribution in [0.4, 0.5) is 11.4 Å².